The molecule has 5 aromatic rings. The van der Waals surface area contributed by atoms with Crippen molar-refractivity contribution in [2.45, 2.75) is 57.3 Å². The molecule has 8 heterocycles. The number of benzene rings is 3. The fraction of sp³-hybridized carbons (Fsp3) is 0.420. The van der Waals surface area contributed by atoms with Crippen molar-refractivity contribution in [3.63, 3.8) is 0 Å². The van der Waals surface area contributed by atoms with E-state index >= 15 is 8.78 Å². The predicted octanol–water partition coefficient (Wildman–Crippen LogP) is 5.88. The Morgan fingerprint density at radius 3 is 2.36 bits per heavy atom. The molecule has 3 N–H and O–H groups in total. The molecule has 5 fully saturated rings. The highest BCUT2D eigenvalue weighted by Crippen LogP contribution is 2.38. The smallest absolute Gasteiger partial charge is 0.301 e. The lowest BCUT2D eigenvalue weighted by Gasteiger charge is -2.39. The first kappa shape index (κ1) is 45.2. The molecule has 5 saturated heterocycles. The topological polar surface area (TPSA) is 171 Å². The van der Waals surface area contributed by atoms with Gasteiger partial charge in [0.15, 0.2) is 5.82 Å². The van der Waals surface area contributed by atoms with E-state index in [1.807, 2.05) is 24.3 Å². The summed E-state index contributed by atoms with van der Waals surface area (Å²) in [7, 11) is -4.36. The molecule has 3 aromatic carbocycles. The Morgan fingerprint density at radius 2 is 1.59 bits per heavy atom. The van der Waals surface area contributed by atoms with Crippen LogP contribution in [0.15, 0.2) is 73.1 Å². The summed E-state index contributed by atoms with van der Waals surface area (Å²) >= 11 is 0. The Bertz CT molecular complexity index is 3000. The number of pyridine rings is 1. The number of hydrogen-bond donors (Lipinski definition) is 3. The fourth-order valence-corrected chi connectivity index (χ4v) is 12.7. The van der Waals surface area contributed by atoms with Crippen molar-refractivity contribution in [1.29, 1.82) is 0 Å². The van der Waals surface area contributed by atoms with E-state index in [1.165, 1.54) is 6.20 Å². The molecule has 11 rings (SSSR count). The first-order valence-electron chi connectivity index (χ1n) is 23.8. The molecule has 0 aliphatic carbocycles. The number of aromatic nitrogens is 2. The molecule has 19 heteroatoms. The van der Waals surface area contributed by atoms with Gasteiger partial charge in [0.1, 0.15) is 23.7 Å². The third kappa shape index (κ3) is 8.62. The van der Waals surface area contributed by atoms with Crippen LogP contribution in [0.1, 0.15) is 70.4 Å². The van der Waals surface area contributed by atoms with Gasteiger partial charge in [0, 0.05) is 111 Å². The van der Waals surface area contributed by atoms with Crippen molar-refractivity contribution in [2.75, 3.05) is 73.4 Å². The van der Waals surface area contributed by atoms with Crippen LogP contribution >= 0.6 is 0 Å². The number of hydrogen-bond acceptors (Lipinski definition) is 10. The van der Waals surface area contributed by atoms with Gasteiger partial charge in [-0.3, -0.25) is 29.2 Å². The van der Waals surface area contributed by atoms with E-state index in [0.717, 1.165) is 104 Å². The van der Waals surface area contributed by atoms with Crippen molar-refractivity contribution < 1.29 is 40.8 Å². The molecule has 1 unspecified atom stereocenters. The Morgan fingerprint density at radius 1 is 0.812 bits per heavy atom. The minimum Gasteiger partial charge on any atom is -0.372 e. The number of carbonyl (C=O) groups excluding carboxylic acids is 4. The number of aromatic amines is 1. The Labute approximate surface area is 397 Å². The third-order valence-electron chi connectivity index (χ3n) is 15.2. The summed E-state index contributed by atoms with van der Waals surface area (Å²) in [4.78, 5) is 67.7. The summed E-state index contributed by atoms with van der Waals surface area (Å²) < 4.78 is 73.3. The van der Waals surface area contributed by atoms with Crippen LogP contribution in [-0.2, 0) is 26.3 Å². The number of nitrogens with zero attached hydrogens (tertiary/aromatic N) is 6. The van der Waals surface area contributed by atoms with Crippen LogP contribution < -0.4 is 19.8 Å². The molecular weight excluding hydrogens is 912 g/mol. The van der Waals surface area contributed by atoms with E-state index in [1.54, 1.807) is 17.2 Å². The lowest BCUT2D eigenvalue weighted by Crippen LogP contribution is -2.52. The van der Waals surface area contributed by atoms with Gasteiger partial charge in [0.2, 0.25) is 17.6 Å². The first-order valence-corrected chi connectivity index (χ1v) is 25.2. The summed E-state index contributed by atoms with van der Waals surface area (Å²) in [6.07, 6.45) is 5.56. The molecule has 0 radical (unpaired) electrons. The second-order valence-corrected chi connectivity index (χ2v) is 21.1. The molecule has 3 amide bonds. The number of likely N-dealkylation sites (tertiary alicyclic amines) is 1. The molecule has 2 aromatic heterocycles. The Kier molecular flexibility index (Phi) is 11.7. The number of alkyl halides is 1. The average Bonchev–Trinajstić information content (AvgIpc) is 4.15. The van der Waals surface area contributed by atoms with E-state index in [4.69, 9.17) is 0 Å². The summed E-state index contributed by atoms with van der Waals surface area (Å²) in [5.74, 6) is -2.60. The Balaban J connectivity index is 0.691. The lowest BCUT2D eigenvalue weighted by atomic mass is 9.87. The van der Waals surface area contributed by atoms with Crippen LogP contribution in [0.2, 0.25) is 0 Å². The summed E-state index contributed by atoms with van der Waals surface area (Å²) in [6.45, 7) is 6.97. The number of ketones is 1. The second kappa shape index (κ2) is 17.9. The van der Waals surface area contributed by atoms with E-state index in [9.17, 15) is 32.0 Å². The molecule has 0 saturated carbocycles. The minimum absolute atomic E-state index is 0.00548. The number of imide groups is 1. The van der Waals surface area contributed by atoms with Crippen molar-refractivity contribution >= 4 is 61.8 Å². The van der Waals surface area contributed by atoms with Crippen molar-refractivity contribution in [3.8, 4) is 11.1 Å². The lowest BCUT2D eigenvalue weighted by molar-refractivity contribution is -0.136. The Hall–Kier alpha value is -6.31. The van der Waals surface area contributed by atoms with Gasteiger partial charge in [-0.25, -0.2) is 18.2 Å². The van der Waals surface area contributed by atoms with Crippen LogP contribution in [0.5, 0.6) is 0 Å². The van der Waals surface area contributed by atoms with Gasteiger partial charge in [0.05, 0.1) is 11.3 Å². The number of rotatable bonds is 11. The largest absolute Gasteiger partial charge is 0.372 e. The molecule has 6 aliphatic rings. The predicted molar refractivity (Wildman–Crippen MR) is 253 cm³/mol. The maximum absolute atomic E-state index is 15.8. The molecule has 6 aliphatic heterocycles. The molecule has 0 spiro atoms. The van der Waals surface area contributed by atoms with E-state index in [-0.39, 0.29) is 43.3 Å². The zero-order valence-electron chi connectivity index (χ0n) is 37.8. The monoisotopic (exact) mass is 963 g/mol. The zero-order valence-corrected chi connectivity index (χ0v) is 38.6. The zero-order chi connectivity index (χ0) is 47.7. The molecule has 0 bridgehead atoms. The van der Waals surface area contributed by atoms with Crippen molar-refractivity contribution in [3.05, 3.63) is 107 Å². The van der Waals surface area contributed by atoms with Crippen LogP contribution in [0.4, 0.5) is 30.2 Å². The van der Waals surface area contributed by atoms with Gasteiger partial charge in [-0.1, -0.05) is 12.1 Å². The highest BCUT2D eigenvalue weighted by atomic mass is 32.2. The van der Waals surface area contributed by atoms with E-state index in [0.29, 0.717) is 52.9 Å². The number of halogens is 3. The molecule has 15 nitrogen and oxygen atoms in total. The van der Waals surface area contributed by atoms with Crippen LogP contribution in [-0.4, -0.2) is 127 Å². The number of nitrogens with one attached hydrogen (secondary N) is 3. The molecule has 360 valence electrons. The summed E-state index contributed by atoms with van der Waals surface area (Å²) in [6, 6.07) is 17.0. The normalized spacial score (nSPS) is 23.8. The number of H-pyrrole nitrogens is 1. The van der Waals surface area contributed by atoms with Gasteiger partial charge in [-0.05, 0) is 116 Å². The van der Waals surface area contributed by atoms with Gasteiger partial charge in [-0.15, -0.1) is 0 Å². The van der Waals surface area contributed by atoms with Crippen molar-refractivity contribution in [2.24, 2.45) is 17.8 Å². The number of anilines is 3. The third-order valence-corrected chi connectivity index (χ3v) is 16.7. The average molecular weight is 964 g/mol. The van der Waals surface area contributed by atoms with Gasteiger partial charge in [-0.2, -0.15) is 12.7 Å². The maximum Gasteiger partial charge on any atom is 0.301 e. The highest BCUT2D eigenvalue weighted by molar-refractivity contribution is 7.90. The molecule has 4 atom stereocenters. The summed E-state index contributed by atoms with van der Waals surface area (Å²) in [5.41, 5.74) is 4.06. The van der Waals surface area contributed by atoms with E-state index in [2.05, 4.69) is 52.9 Å². The van der Waals surface area contributed by atoms with Gasteiger partial charge < -0.3 is 24.6 Å². The fourth-order valence-electron chi connectivity index (χ4n) is 11.4. The number of fused-ring (bicyclic) bond motifs is 3. The van der Waals surface area contributed by atoms with Crippen LogP contribution in [0.3, 0.4) is 0 Å². The van der Waals surface area contributed by atoms with Crippen LogP contribution in [0.25, 0.3) is 22.2 Å². The van der Waals surface area contributed by atoms with E-state index < -0.39 is 57.0 Å². The second-order valence-electron chi connectivity index (χ2n) is 19.5. The molecular formula is C50H52F3N9O6S. The number of carbonyl (C=O) groups is 4. The standard InChI is InChI=1S/C50H52F3N9O6S/c51-35-14-18-61(28-35)69(67,68)57-42-8-7-41(52)45(46(42)53)47(64)40-22-55-48-39(40)20-32(21-54-48)30-1-3-36(4-2-30)60-25-31-13-15-58(24-34(31)26-60)23-29-11-16-59(17-12-29)37-5-6-38-33(19-37)27-62(50(38)66)43-9-10-44(63)56-49(43)65/h1-8,19-22,29,31,34-35,43,57H,9-18,23-28H2,(H,54,55)(H,56,63,65)/t31-,34+,35+,43?/m0/s1. The SMILES string of the molecule is O=C1CCC(N2Cc3cc(N4CCC(CN5CC[C@H]6CN(c7ccc(-c8cnc9[nH]cc(C(=O)c%10c(F)ccc(NS(=O)(=O)N%11CC[C@@H](F)C%11)c%10F)c9c8)cc7)C[C@H]6C5)CC4)ccc3C2=O)C(=O)N1. The number of amides is 3. The van der Waals surface area contributed by atoms with Crippen LogP contribution in [0, 0.1) is 29.4 Å². The molecule has 69 heavy (non-hydrogen) atoms. The van der Waals surface area contributed by atoms with Gasteiger partial charge >= 0.3 is 10.2 Å². The maximum atomic E-state index is 15.8. The minimum atomic E-state index is -4.36. The highest BCUT2D eigenvalue weighted by Gasteiger charge is 2.41. The first-order chi connectivity index (χ1) is 33.3. The van der Waals surface area contributed by atoms with Crippen molar-refractivity contribution in [1.82, 2.24) is 29.4 Å². The number of piperidine rings is 3. The van der Waals surface area contributed by atoms with Gasteiger partial charge in [0.25, 0.3) is 5.91 Å². The quantitative estimate of drug-likeness (QED) is 0.107. The summed E-state index contributed by atoms with van der Waals surface area (Å²) in [5, 5.41) is 2.72.